The normalized spacial score (nSPS) is 13.6. The van der Waals surface area contributed by atoms with E-state index in [9.17, 15) is 10.2 Å². The molecule has 2 aromatic rings. The number of unbranched alkanes of at least 4 members (excludes halogenated alkanes) is 1. The fourth-order valence-corrected chi connectivity index (χ4v) is 3.84. The summed E-state index contributed by atoms with van der Waals surface area (Å²) in [5.41, 5.74) is 2.08. The van der Waals surface area contributed by atoms with E-state index in [1.165, 1.54) is 0 Å². The lowest BCUT2D eigenvalue weighted by Gasteiger charge is -2.27. The number of hydrogen-bond donors (Lipinski definition) is 2. The summed E-state index contributed by atoms with van der Waals surface area (Å²) in [4.78, 5) is 0. The fraction of sp³-hybridized carbons (Fsp3) is 0.520. The van der Waals surface area contributed by atoms with E-state index in [0.29, 0.717) is 12.4 Å². The minimum Gasteiger partial charge on any atom is -0.491 e. The molecule has 0 amide bonds. The van der Waals surface area contributed by atoms with Gasteiger partial charge in [-0.3, -0.25) is 0 Å². The summed E-state index contributed by atoms with van der Waals surface area (Å²) in [7, 11) is 0. The summed E-state index contributed by atoms with van der Waals surface area (Å²) in [5, 5.41) is 19.6. The van der Waals surface area contributed by atoms with Crippen LogP contribution in [0.2, 0.25) is 0 Å². The largest absolute Gasteiger partial charge is 0.491 e. The van der Waals surface area contributed by atoms with Gasteiger partial charge in [0, 0.05) is 12.0 Å². The molecular weight excluding hydrogens is 543 g/mol. The van der Waals surface area contributed by atoms with Crippen molar-refractivity contribution in [2.75, 3.05) is 32.3 Å². The van der Waals surface area contributed by atoms with Crippen LogP contribution in [0.25, 0.3) is 0 Å². The van der Waals surface area contributed by atoms with Gasteiger partial charge in [0.25, 0.3) is 0 Å². The summed E-state index contributed by atoms with van der Waals surface area (Å²) >= 11 is 7.88. The van der Waals surface area contributed by atoms with Crippen molar-refractivity contribution in [1.82, 2.24) is 0 Å². The van der Waals surface area contributed by atoms with Gasteiger partial charge in [-0.05, 0) is 64.4 Å². The predicted octanol–water partition coefficient (Wildman–Crippen LogP) is 5.15. The Hall–Kier alpha value is -1.06. The maximum atomic E-state index is 9.99. The first kappa shape index (κ1) is 27.2. The van der Waals surface area contributed by atoms with Crippen LogP contribution < -0.4 is 9.47 Å². The van der Waals surface area contributed by atoms with Crippen molar-refractivity contribution in [1.29, 1.82) is 0 Å². The first-order valence-corrected chi connectivity index (χ1v) is 12.5. The second-order valence-corrected chi connectivity index (χ2v) is 9.78. The highest BCUT2D eigenvalue weighted by atomic mass is 127. The van der Waals surface area contributed by atoms with Gasteiger partial charge in [0.05, 0.1) is 16.1 Å². The molecule has 2 atom stereocenters. The Morgan fingerprint density at radius 1 is 0.938 bits per heavy atom. The Bertz CT molecular complexity index is 812. The van der Waals surface area contributed by atoms with Crippen LogP contribution in [0.3, 0.4) is 0 Å². The predicted molar refractivity (Wildman–Crippen MR) is 137 cm³/mol. The monoisotopic (exact) mass is 576 g/mol. The van der Waals surface area contributed by atoms with E-state index in [1.54, 1.807) is 0 Å². The van der Waals surface area contributed by atoms with Crippen molar-refractivity contribution in [2.24, 2.45) is 0 Å². The van der Waals surface area contributed by atoms with E-state index in [2.05, 4.69) is 49.4 Å². The SMILES string of the molecule is CCCCOC[C@@H](O)COc1ccc(C(C)(C)c2ccc(OC[C@H](O)CCl)c(I)c2)cc1. The molecular formula is C25H34ClIO5. The van der Waals surface area contributed by atoms with E-state index >= 15 is 0 Å². The van der Waals surface area contributed by atoms with E-state index in [1.807, 2.05) is 36.4 Å². The number of benzene rings is 2. The van der Waals surface area contributed by atoms with Gasteiger partial charge in [0.1, 0.15) is 36.9 Å². The summed E-state index contributed by atoms with van der Waals surface area (Å²) < 4.78 is 17.8. The molecule has 0 aliphatic rings. The molecule has 0 saturated heterocycles. The van der Waals surface area contributed by atoms with Crippen LogP contribution >= 0.6 is 34.2 Å². The van der Waals surface area contributed by atoms with Crippen LogP contribution in [0.15, 0.2) is 42.5 Å². The molecule has 0 aliphatic heterocycles. The molecule has 5 nitrogen and oxygen atoms in total. The quantitative estimate of drug-likeness (QED) is 0.185. The number of hydrogen-bond acceptors (Lipinski definition) is 5. The molecule has 2 rings (SSSR count). The average Bonchev–Trinajstić information content (AvgIpc) is 2.79. The van der Waals surface area contributed by atoms with Gasteiger partial charge >= 0.3 is 0 Å². The second-order valence-electron chi connectivity index (χ2n) is 8.31. The van der Waals surface area contributed by atoms with Crippen molar-refractivity contribution < 1.29 is 24.4 Å². The van der Waals surface area contributed by atoms with E-state index in [0.717, 1.165) is 33.3 Å². The molecule has 0 aliphatic carbocycles. The van der Waals surface area contributed by atoms with Gasteiger partial charge in [0.15, 0.2) is 0 Å². The van der Waals surface area contributed by atoms with Gasteiger partial charge in [-0.1, -0.05) is 45.4 Å². The highest BCUT2D eigenvalue weighted by Crippen LogP contribution is 2.35. The van der Waals surface area contributed by atoms with E-state index in [-0.39, 0.29) is 31.1 Å². The van der Waals surface area contributed by atoms with Crippen LogP contribution in [0.5, 0.6) is 11.5 Å². The van der Waals surface area contributed by atoms with Gasteiger partial charge in [0.2, 0.25) is 0 Å². The summed E-state index contributed by atoms with van der Waals surface area (Å²) in [6.07, 6.45) is 0.748. The minimum atomic E-state index is -0.681. The molecule has 178 valence electrons. The Morgan fingerprint density at radius 3 is 2.22 bits per heavy atom. The van der Waals surface area contributed by atoms with Crippen molar-refractivity contribution in [3.8, 4) is 11.5 Å². The number of aliphatic hydroxyl groups is 2. The first-order valence-electron chi connectivity index (χ1n) is 10.9. The molecule has 0 bridgehead atoms. The van der Waals surface area contributed by atoms with E-state index < -0.39 is 12.2 Å². The van der Waals surface area contributed by atoms with E-state index in [4.69, 9.17) is 25.8 Å². The molecule has 32 heavy (non-hydrogen) atoms. The third kappa shape index (κ3) is 8.37. The highest BCUT2D eigenvalue weighted by Gasteiger charge is 2.24. The molecule has 2 aromatic carbocycles. The minimum absolute atomic E-state index is 0.146. The third-order valence-electron chi connectivity index (χ3n) is 5.23. The molecule has 0 radical (unpaired) electrons. The summed E-state index contributed by atoms with van der Waals surface area (Å²) in [6, 6.07) is 14.0. The summed E-state index contributed by atoms with van der Waals surface area (Å²) in [5.74, 6) is 1.59. The Labute approximate surface area is 210 Å². The molecule has 0 aromatic heterocycles. The van der Waals surface area contributed by atoms with Crippen molar-refractivity contribution >= 4 is 34.2 Å². The third-order valence-corrected chi connectivity index (χ3v) is 6.43. The fourth-order valence-electron chi connectivity index (χ4n) is 3.08. The first-order chi connectivity index (χ1) is 15.3. The van der Waals surface area contributed by atoms with Crippen LogP contribution in [-0.4, -0.2) is 54.7 Å². The van der Waals surface area contributed by atoms with Gasteiger partial charge in [-0.25, -0.2) is 0 Å². The zero-order chi connectivity index (χ0) is 23.6. The second kappa shape index (κ2) is 13.6. The number of alkyl halides is 1. The van der Waals surface area contributed by atoms with Crippen LogP contribution in [0, 0.1) is 3.57 Å². The lowest BCUT2D eigenvalue weighted by atomic mass is 9.78. The zero-order valence-electron chi connectivity index (χ0n) is 19.0. The summed E-state index contributed by atoms with van der Waals surface area (Å²) in [6.45, 7) is 7.77. The number of rotatable bonds is 14. The standard InChI is InChI=1S/C25H34ClIO5/c1-4-5-12-30-15-21(29)17-31-22-9-6-18(7-10-22)25(2,3)19-8-11-24(23(27)13-19)32-16-20(28)14-26/h6-11,13,20-21,28-29H,4-5,12,14-17H2,1-3H3/t20-,21-/m1/s1. The molecule has 2 N–H and O–H groups in total. The zero-order valence-corrected chi connectivity index (χ0v) is 21.9. The maximum absolute atomic E-state index is 9.99. The van der Waals surface area contributed by atoms with Crippen LogP contribution in [0.1, 0.15) is 44.7 Å². The number of aliphatic hydroxyl groups excluding tert-OH is 2. The van der Waals surface area contributed by atoms with Crippen LogP contribution in [-0.2, 0) is 10.2 Å². The topological polar surface area (TPSA) is 68.2 Å². The highest BCUT2D eigenvalue weighted by molar-refractivity contribution is 14.1. The van der Waals surface area contributed by atoms with Crippen molar-refractivity contribution in [3.05, 3.63) is 57.2 Å². The molecule has 7 heteroatoms. The maximum Gasteiger partial charge on any atom is 0.132 e. The van der Waals surface area contributed by atoms with Crippen molar-refractivity contribution in [3.63, 3.8) is 0 Å². The molecule has 0 unspecified atom stereocenters. The molecule has 0 fully saturated rings. The lowest BCUT2D eigenvalue weighted by Crippen LogP contribution is -2.24. The van der Waals surface area contributed by atoms with Gasteiger partial charge < -0.3 is 24.4 Å². The molecule has 0 heterocycles. The Morgan fingerprint density at radius 2 is 1.59 bits per heavy atom. The molecule has 0 spiro atoms. The Kier molecular flexibility index (Phi) is 11.6. The van der Waals surface area contributed by atoms with Crippen molar-refractivity contribution in [2.45, 2.75) is 51.2 Å². The number of ether oxygens (including phenoxy) is 3. The number of halogens is 2. The smallest absolute Gasteiger partial charge is 0.132 e. The Balaban J connectivity index is 1.96. The van der Waals surface area contributed by atoms with Gasteiger partial charge in [-0.2, -0.15) is 0 Å². The molecule has 0 saturated carbocycles. The van der Waals surface area contributed by atoms with Crippen LogP contribution in [0.4, 0.5) is 0 Å². The lowest BCUT2D eigenvalue weighted by molar-refractivity contribution is 0.0113. The average molecular weight is 577 g/mol. The van der Waals surface area contributed by atoms with Gasteiger partial charge in [-0.15, -0.1) is 11.6 Å².